The number of likely N-dealkylation sites (tertiary alicyclic amines) is 1. The first-order valence-electron chi connectivity index (χ1n) is 20.4. The van der Waals surface area contributed by atoms with Gasteiger partial charge in [0.1, 0.15) is 23.2 Å². The molecule has 0 spiro atoms. The van der Waals surface area contributed by atoms with Crippen LogP contribution in [0.1, 0.15) is 70.6 Å². The lowest BCUT2D eigenvalue weighted by molar-refractivity contribution is -0.142. The molecule has 3 amide bonds. The molecule has 1 atom stereocenters. The summed E-state index contributed by atoms with van der Waals surface area (Å²) in [6.45, 7) is 2.66. The number of anilines is 3. The van der Waals surface area contributed by atoms with Gasteiger partial charge in [0.05, 0.1) is 11.9 Å². The smallest absolute Gasteiger partial charge is 0.255 e. The molecule has 4 fully saturated rings. The Morgan fingerprint density at radius 2 is 1.63 bits per heavy atom. The van der Waals surface area contributed by atoms with Crippen molar-refractivity contribution in [3.05, 3.63) is 95.0 Å². The van der Waals surface area contributed by atoms with Crippen LogP contribution in [0.2, 0.25) is 0 Å². The molecule has 16 heteroatoms. The highest BCUT2D eigenvalue weighted by molar-refractivity contribution is 6.01. The molecule has 2 aromatic carbocycles. The summed E-state index contributed by atoms with van der Waals surface area (Å²) in [5, 5.41) is 18.9. The van der Waals surface area contributed by atoms with Crippen molar-refractivity contribution in [3.63, 3.8) is 0 Å². The molecule has 5 heterocycles. The summed E-state index contributed by atoms with van der Waals surface area (Å²) in [5.41, 5.74) is 6.30. The number of pyridine rings is 1. The molecule has 1 unspecified atom stereocenters. The van der Waals surface area contributed by atoms with E-state index in [-0.39, 0.29) is 35.3 Å². The van der Waals surface area contributed by atoms with Crippen LogP contribution in [-0.2, 0) is 14.4 Å². The van der Waals surface area contributed by atoms with E-state index in [0.717, 1.165) is 25.7 Å². The maximum Gasteiger partial charge on any atom is 0.255 e. The summed E-state index contributed by atoms with van der Waals surface area (Å²) < 4.78 is 30.8. The van der Waals surface area contributed by atoms with Crippen LogP contribution in [0.3, 0.4) is 0 Å². The lowest BCUT2D eigenvalue weighted by Crippen LogP contribution is -2.55. The molecule has 0 bridgehead atoms. The van der Waals surface area contributed by atoms with Crippen molar-refractivity contribution in [3.8, 4) is 16.9 Å². The topological polar surface area (TPSA) is 188 Å². The average molecular weight is 812 g/mol. The zero-order valence-corrected chi connectivity index (χ0v) is 32.9. The zero-order valence-electron chi connectivity index (χ0n) is 32.9. The second-order valence-corrected chi connectivity index (χ2v) is 15.8. The van der Waals surface area contributed by atoms with Crippen molar-refractivity contribution < 1.29 is 28.3 Å². The second kappa shape index (κ2) is 18.5. The molecule has 3 aliphatic heterocycles. The molecule has 312 valence electrons. The Balaban J connectivity index is 0.000000181. The van der Waals surface area contributed by atoms with E-state index in [9.17, 15) is 33.1 Å². The van der Waals surface area contributed by atoms with Gasteiger partial charge >= 0.3 is 0 Å². The molecule has 4 aromatic rings. The first-order chi connectivity index (χ1) is 28.5. The number of nitrogens with zero attached hydrogens (tertiary/aromatic N) is 5. The molecule has 2 aromatic heterocycles. The standard InChI is InChI=1S/C22H30FN5O4.C21H21FN4O/c23-16-13-14(25-17-2-4-19(29)26-20(17)30)1-3-18(16)28-9-5-15(6-10-28)27-11-7-22(32,8-12-27)21(24)31;22-18-14-23-21(24-16-8-2-1-3-9-16)25-20(18)15-7-6-10-17(13-15)26-12-5-4-11-19(26)27/h1,3,13,15,17,25,32H,2,4-12H2,(H2,24,31)(H,26,29,30);4-7,10-14,16H,1-3,8-9H2,(H,23,24,25). The highest BCUT2D eigenvalue weighted by atomic mass is 19.1. The monoisotopic (exact) mass is 811 g/mol. The van der Waals surface area contributed by atoms with Crippen molar-refractivity contribution in [2.24, 2.45) is 5.73 Å². The molecular formula is C43H51F2N9O5. The first-order valence-corrected chi connectivity index (χ1v) is 20.4. The van der Waals surface area contributed by atoms with Gasteiger partial charge in [0.2, 0.25) is 23.7 Å². The van der Waals surface area contributed by atoms with E-state index >= 15 is 0 Å². The van der Waals surface area contributed by atoms with Crippen LogP contribution in [0.5, 0.6) is 0 Å². The van der Waals surface area contributed by atoms with Crippen molar-refractivity contribution in [2.75, 3.05) is 41.7 Å². The number of carbonyl (C=O) groups is 3. The minimum Gasteiger partial charge on any atom is -0.380 e. The van der Waals surface area contributed by atoms with E-state index in [1.54, 1.807) is 48.7 Å². The molecular weight excluding hydrogens is 761 g/mol. The van der Waals surface area contributed by atoms with Gasteiger partial charge in [-0.05, 0) is 81.3 Å². The van der Waals surface area contributed by atoms with E-state index in [1.807, 2.05) is 11.0 Å². The van der Waals surface area contributed by atoms with Gasteiger partial charge < -0.3 is 31.3 Å². The molecule has 8 rings (SSSR count). The van der Waals surface area contributed by atoms with Gasteiger partial charge in [-0.2, -0.15) is 0 Å². The first kappa shape index (κ1) is 41.4. The van der Waals surface area contributed by atoms with Crippen molar-refractivity contribution in [1.29, 1.82) is 0 Å². The van der Waals surface area contributed by atoms with Crippen LogP contribution in [0.25, 0.3) is 16.9 Å². The van der Waals surface area contributed by atoms with Gasteiger partial charge in [0.15, 0.2) is 5.82 Å². The number of hydrogen-bond acceptors (Lipinski definition) is 11. The number of carbonyl (C=O) groups excluding carboxylic acids is 3. The van der Waals surface area contributed by atoms with Gasteiger partial charge in [-0.3, -0.25) is 29.1 Å². The Kier molecular flexibility index (Phi) is 13.0. The number of aliphatic hydroxyl groups is 1. The quantitative estimate of drug-likeness (QED) is 0.150. The van der Waals surface area contributed by atoms with Crippen molar-refractivity contribution in [2.45, 2.75) is 94.4 Å². The fourth-order valence-electron chi connectivity index (χ4n) is 8.38. The van der Waals surface area contributed by atoms with E-state index < -0.39 is 23.4 Å². The fourth-order valence-corrected chi connectivity index (χ4v) is 8.38. The van der Waals surface area contributed by atoms with Gasteiger partial charge in [0.25, 0.3) is 5.56 Å². The number of nitrogens with two attached hydrogens (primary N) is 1. The van der Waals surface area contributed by atoms with Gasteiger partial charge in [-0.1, -0.05) is 37.5 Å². The zero-order chi connectivity index (χ0) is 41.5. The number of rotatable bonds is 9. The third-order valence-corrected chi connectivity index (χ3v) is 11.8. The molecule has 1 saturated carbocycles. The van der Waals surface area contributed by atoms with E-state index in [0.29, 0.717) is 86.1 Å². The Bertz CT molecular complexity index is 2200. The largest absolute Gasteiger partial charge is 0.380 e. The van der Waals surface area contributed by atoms with E-state index in [4.69, 9.17) is 5.73 Å². The molecule has 6 N–H and O–H groups in total. The number of halogens is 2. The van der Waals surface area contributed by atoms with Crippen LogP contribution < -0.4 is 32.1 Å². The van der Waals surface area contributed by atoms with Gasteiger partial charge in [-0.25, -0.2) is 18.7 Å². The van der Waals surface area contributed by atoms with Crippen molar-refractivity contribution in [1.82, 2.24) is 24.8 Å². The second-order valence-electron chi connectivity index (χ2n) is 15.8. The lowest BCUT2D eigenvalue weighted by atomic mass is 9.89. The molecule has 4 aliphatic rings. The molecule has 3 saturated heterocycles. The molecule has 14 nitrogen and oxygen atoms in total. The molecule has 1 aliphatic carbocycles. The maximum absolute atomic E-state index is 14.8. The highest BCUT2D eigenvalue weighted by Gasteiger charge is 2.40. The predicted octanol–water partition coefficient (Wildman–Crippen LogP) is 4.50. The lowest BCUT2D eigenvalue weighted by Gasteiger charge is -2.43. The number of primary amides is 1. The third-order valence-electron chi connectivity index (χ3n) is 11.8. The SMILES string of the molecule is NC(=O)C1(O)CCN(C2CCN(c3ccc(NC4CCC(=O)NC4=O)cc3F)CC2)CC1.O=c1ccccn1-c1cccc(-c2nc(NC3CCCCC3)ncc2F)c1. The minimum absolute atomic E-state index is 0.141. The minimum atomic E-state index is -1.40. The highest BCUT2D eigenvalue weighted by Crippen LogP contribution is 2.31. The number of imide groups is 1. The Morgan fingerprint density at radius 1 is 0.864 bits per heavy atom. The van der Waals surface area contributed by atoms with Gasteiger partial charge in [-0.15, -0.1) is 0 Å². The van der Waals surface area contributed by atoms with E-state index in [1.165, 1.54) is 42.2 Å². The summed E-state index contributed by atoms with van der Waals surface area (Å²) in [4.78, 5) is 59.5. The number of hydrogen-bond donors (Lipinski definition) is 5. The normalized spacial score (nSPS) is 20.3. The fraction of sp³-hybridized carbons (Fsp3) is 0.442. The summed E-state index contributed by atoms with van der Waals surface area (Å²) in [6, 6.07) is 17.1. The Hall–Kier alpha value is -5.74. The van der Waals surface area contributed by atoms with Crippen molar-refractivity contribution >= 4 is 35.0 Å². The maximum atomic E-state index is 14.8. The molecule has 0 radical (unpaired) electrons. The van der Waals surface area contributed by atoms with Gasteiger partial charge in [0, 0.05) is 73.9 Å². The number of aromatic nitrogens is 3. The Morgan fingerprint density at radius 3 is 2.32 bits per heavy atom. The number of benzene rings is 2. The van der Waals surface area contributed by atoms with Crippen LogP contribution in [0.15, 0.2) is 77.9 Å². The van der Waals surface area contributed by atoms with Crippen LogP contribution in [0, 0.1) is 11.6 Å². The summed E-state index contributed by atoms with van der Waals surface area (Å²) >= 11 is 0. The number of amides is 3. The summed E-state index contributed by atoms with van der Waals surface area (Å²) in [7, 11) is 0. The predicted molar refractivity (Wildman–Crippen MR) is 220 cm³/mol. The number of nitrogens with one attached hydrogen (secondary N) is 3. The summed E-state index contributed by atoms with van der Waals surface area (Å²) in [6.07, 6.45) is 11.8. The van der Waals surface area contributed by atoms with E-state index in [2.05, 4.69) is 30.8 Å². The molecule has 59 heavy (non-hydrogen) atoms. The third kappa shape index (κ3) is 10.1. The average Bonchev–Trinajstić information content (AvgIpc) is 3.24. The number of piperidine rings is 3. The Labute approximate surface area is 341 Å². The summed E-state index contributed by atoms with van der Waals surface area (Å²) in [5.74, 6) is -1.73. The van der Waals surface area contributed by atoms with Crippen LogP contribution >= 0.6 is 0 Å². The van der Waals surface area contributed by atoms with Crippen LogP contribution in [0.4, 0.5) is 26.1 Å². The van der Waals surface area contributed by atoms with Crippen LogP contribution in [-0.4, -0.2) is 92.2 Å².